The van der Waals surface area contributed by atoms with E-state index in [-0.39, 0.29) is 10.7 Å². The maximum absolute atomic E-state index is 13.9. The summed E-state index contributed by atoms with van der Waals surface area (Å²) in [6, 6.07) is 9.34. The van der Waals surface area contributed by atoms with Gasteiger partial charge in [0.1, 0.15) is 10.8 Å². The number of hydrogen-bond donors (Lipinski definition) is 2. The lowest BCUT2D eigenvalue weighted by Gasteiger charge is -2.10. The molecule has 0 aliphatic rings. The third-order valence-electron chi connectivity index (χ3n) is 2.45. The van der Waals surface area contributed by atoms with Crippen LogP contribution in [0.3, 0.4) is 0 Å². The lowest BCUT2D eigenvalue weighted by Crippen LogP contribution is -2.09. The summed E-state index contributed by atoms with van der Waals surface area (Å²) in [6.45, 7) is 0. The molecule has 0 aromatic heterocycles. The molecule has 19 heavy (non-hydrogen) atoms. The Balaban J connectivity index is 2.33. The Morgan fingerprint density at radius 2 is 1.84 bits per heavy atom. The third kappa shape index (κ3) is 3.35. The molecule has 0 saturated heterocycles. The first-order valence-electron chi connectivity index (χ1n) is 5.29. The van der Waals surface area contributed by atoms with Gasteiger partial charge >= 0.3 is 0 Å². The van der Waals surface area contributed by atoms with Gasteiger partial charge in [0.05, 0.1) is 16.4 Å². The first kappa shape index (κ1) is 14.1. The normalized spacial score (nSPS) is 10.3. The Hall–Kier alpha value is -1.36. The van der Waals surface area contributed by atoms with Crippen LogP contribution in [0.5, 0.6) is 0 Å². The van der Waals surface area contributed by atoms with Crippen molar-refractivity contribution in [2.45, 2.75) is 0 Å². The highest BCUT2D eigenvalue weighted by atomic mass is 35.5. The van der Waals surface area contributed by atoms with E-state index in [1.807, 2.05) is 0 Å². The van der Waals surface area contributed by atoms with E-state index in [2.05, 4.69) is 5.32 Å². The van der Waals surface area contributed by atoms with Crippen molar-refractivity contribution in [3.8, 4) is 0 Å². The summed E-state index contributed by atoms with van der Waals surface area (Å²) in [5, 5.41) is 3.83. The standard InChI is InChI=1S/C13H9Cl2FN2S/c14-8-2-3-9(15)12(6-8)18-11-4-1-7(13(17)19)5-10(11)16/h1-6,18H,(H2,17,19). The van der Waals surface area contributed by atoms with E-state index < -0.39 is 5.82 Å². The molecule has 0 bridgehead atoms. The van der Waals surface area contributed by atoms with Crippen molar-refractivity contribution in [3.63, 3.8) is 0 Å². The Morgan fingerprint density at radius 3 is 2.47 bits per heavy atom. The highest BCUT2D eigenvalue weighted by Crippen LogP contribution is 2.29. The summed E-state index contributed by atoms with van der Waals surface area (Å²) in [4.78, 5) is 0.145. The van der Waals surface area contributed by atoms with Crippen LogP contribution in [0.15, 0.2) is 36.4 Å². The van der Waals surface area contributed by atoms with Crippen molar-refractivity contribution >= 4 is 51.8 Å². The van der Waals surface area contributed by atoms with Gasteiger partial charge in [-0.2, -0.15) is 0 Å². The number of hydrogen-bond acceptors (Lipinski definition) is 2. The van der Waals surface area contributed by atoms with Crippen molar-refractivity contribution in [2.75, 3.05) is 5.32 Å². The molecule has 2 nitrogen and oxygen atoms in total. The lowest BCUT2D eigenvalue weighted by molar-refractivity contribution is 0.631. The molecule has 0 fully saturated rings. The maximum atomic E-state index is 13.9. The molecule has 0 aliphatic heterocycles. The van der Waals surface area contributed by atoms with E-state index in [1.54, 1.807) is 30.3 Å². The SMILES string of the molecule is NC(=S)c1ccc(Nc2cc(Cl)ccc2Cl)c(F)c1. The molecule has 0 aliphatic carbocycles. The fourth-order valence-corrected chi connectivity index (χ4v) is 1.97. The van der Waals surface area contributed by atoms with Gasteiger partial charge in [-0.3, -0.25) is 0 Å². The van der Waals surface area contributed by atoms with Crippen molar-refractivity contribution in [1.82, 2.24) is 0 Å². The quantitative estimate of drug-likeness (QED) is 0.819. The number of rotatable bonds is 3. The van der Waals surface area contributed by atoms with Crippen LogP contribution in [0, 0.1) is 5.82 Å². The predicted octanol–water partition coefficient (Wildman–Crippen LogP) is 4.51. The van der Waals surface area contributed by atoms with Gasteiger partial charge in [0, 0.05) is 10.6 Å². The van der Waals surface area contributed by atoms with Gasteiger partial charge in [0.2, 0.25) is 0 Å². The third-order valence-corrected chi connectivity index (χ3v) is 3.25. The number of thiocarbonyl (C=S) groups is 1. The zero-order chi connectivity index (χ0) is 14.0. The molecule has 0 amide bonds. The Kier molecular flexibility index (Phi) is 4.24. The largest absolute Gasteiger partial charge is 0.389 e. The van der Waals surface area contributed by atoms with E-state index in [9.17, 15) is 4.39 Å². The molecule has 2 rings (SSSR count). The van der Waals surface area contributed by atoms with Gasteiger partial charge in [-0.25, -0.2) is 4.39 Å². The van der Waals surface area contributed by atoms with Gasteiger partial charge in [0.15, 0.2) is 0 Å². The van der Waals surface area contributed by atoms with Gasteiger partial charge in [-0.1, -0.05) is 35.4 Å². The summed E-state index contributed by atoms with van der Waals surface area (Å²) in [7, 11) is 0. The molecular formula is C13H9Cl2FN2S. The van der Waals surface area contributed by atoms with E-state index in [4.69, 9.17) is 41.2 Å². The highest BCUT2D eigenvalue weighted by Gasteiger charge is 2.08. The molecule has 2 aromatic rings. The smallest absolute Gasteiger partial charge is 0.147 e. The number of benzene rings is 2. The first-order valence-corrected chi connectivity index (χ1v) is 6.45. The Bertz CT molecular complexity index is 647. The summed E-state index contributed by atoms with van der Waals surface area (Å²) in [6.07, 6.45) is 0. The fourth-order valence-electron chi connectivity index (χ4n) is 1.51. The molecule has 98 valence electrons. The minimum atomic E-state index is -0.471. The van der Waals surface area contributed by atoms with Crippen molar-refractivity contribution in [3.05, 3.63) is 57.8 Å². The Morgan fingerprint density at radius 1 is 1.11 bits per heavy atom. The molecule has 0 heterocycles. The number of halogens is 3. The summed E-state index contributed by atoms with van der Waals surface area (Å²) < 4.78 is 13.9. The Labute approximate surface area is 125 Å². The second-order valence-corrected chi connectivity index (χ2v) is 5.09. The van der Waals surface area contributed by atoms with Crippen LogP contribution in [0.4, 0.5) is 15.8 Å². The van der Waals surface area contributed by atoms with E-state index in [1.165, 1.54) is 6.07 Å². The monoisotopic (exact) mass is 314 g/mol. The minimum Gasteiger partial charge on any atom is -0.389 e. The van der Waals surface area contributed by atoms with E-state index >= 15 is 0 Å². The van der Waals surface area contributed by atoms with Gasteiger partial charge < -0.3 is 11.1 Å². The topological polar surface area (TPSA) is 38.0 Å². The van der Waals surface area contributed by atoms with Gasteiger partial charge in [-0.15, -0.1) is 0 Å². The first-order chi connectivity index (χ1) is 8.97. The average Bonchev–Trinajstić information content (AvgIpc) is 2.36. The summed E-state index contributed by atoms with van der Waals surface area (Å²) >= 11 is 16.6. The molecular weight excluding hydrogens is 306 g/mol. The van der Waals surface area contributed by atoms with Gasteiger partial charge in [0.25, 0.3) is 0 Å². The van der Waals surface area contributed by atoms with Crippen molar-refractivity contribution in [1.29, 1.82) is 0 Å². The second-order valence-electron chi connectivity index (χ2n) is 3.81. The second kappa shape index (κ2) is 5.74. The molecule has 0 unspecified atom stereocenters. The van der Waals surface area contributed by atoms with Crippen molar-refractivity contribution in [2.24, 2.45) is 5.73 Å². The lowest BCUT2D eigenvalue weighted by atomic mass is 10.2. The molecule has 0 radical (unpaired) electrons. The molecule has 2 aromatic carbocycles. The van der Waals surface area contributed by atoms with Crippen LogP contribution >= 0.6 is 35.4 Å². The van der Waals surface area contributed by atoms with Crippen LogP contribution in [0.2, 0.25) is 10.0 Å². The number of anilines is 2. The van der Waals surface area contributed by atoms with E-state index in [0.29, 0.717) is 21.3 Å². The zero-order valence-electron chi connectivity index (χ0n) is 9.58. The summed E-state index contributed by atoms with van der Waals surface area (Å²) in [5.74, 6) is -0.471. The fraction of sp³-hybridized carbons (Fsp3) is 0. The summed E-state index contributed by atoms with van der Waals surface area (Å²) in [5.41, 5.74) is 6.69. The van der Waals surface area contributed by atoms with E-state index in [0.717, 1.165) is 0 Å². The van der Waals surface area contributed by atoms with Crippen LogP contribution in [0.1, 0.15) is 5.56 Å². The number of nitrogens with two attached hydrogens (primary N) is 1. The predicted molar refractivity (Wildman–Crippen MR) is 82.0 cm³/mol. The zero-order valence-corrected chi connectivity index (χ0v) is 11.9. The minimum absolute atomic E-state index is 0.145. The number of nitrogens with one attached hydrogen (secondary N) is 1. The van der Waals surface area contributed by atoms with Crippen LogP contribution < -0.4 is 11.1 Å². The van der Waals surface area contributed by atoms with Crippen LogP contribution in [-0.4, -0.2) is 4.99 Å². The highest BCUT2D eigenvalue weighted by molar-refractivity contribution is 7.80. The molecule has 6 heteroatoms. The molecule has 0 saturated carbocycles. The van der Waals surface area contributed by atoms with Crippen LogP contribution in [-0.2, 0) is 0 Å². The molecule has 3 N–H and O–H groups in total. The average molecular weight is 315 g/mol. The molecule has 0 atom stereocenters. The van der Waals surface area contributed by atoms with Crippen molar-refractivity contribution < 1.29 is 4.39 Å². The van der Waals surface area contributed by atoms with Crippen LogP contribution in [0.25, 0.3) is 0 Å². The molecule has 0 spiro atoms. The maximum Gasteiger partial charge on any atom is 0.147 e. The van der Waals surface area contributed by atoms with Gasteiger partial charge in [-0.05, 0) is 36.4 Å².